The lowest BCUT2D eigenvalue weighted by atomic mass is 10.1. The molecule has 0 fully saturated rings. The highest BCUT2D eigenvalue weighted by atomic mass is 79.9. The van der Waals surface area contributed by atoms with Gasteiger partial charge in [-0.25, -0.2) is 13.8 Å². The van der Waals surface area contributed by atoms with Crippen molar-refractivity contribution in [2.45, 2.75) is 6.18 Å². The molecule has 0 spiro atoms. The van der Waals surface area contributed by atoms with Crippen LogP contribution in [0, 0.1) is 11.6 Å². The number of nitrogens with zero attached hydrogens (tertiary/aromatic N) is 1. The van der Waals surface area contributed by atoms with Gasteiger partial charge in [-0.1, -0.05) is 15.9 Å². The number of hydrogen-bond donors (Lipinski definition) is 1. The van der Waals surface area contributed by atoms with Crippen molar-refractivity contribution in [3.63, 3.8) is 0 Å². The fourth-order valence-electron chi connectivity index (χ4n) is 1.62. The first kappa shape index (κ1) is 18.6. The third kappa shape index (κ3) is 4.87. The Morgan fingerprint density at radius 2 is 1.92 bits per heavy atom. The summed E-state index contributed by atoms with van der Waals surface area (Å²) in [5.41, 5.74) is 0.157. The van der Waals surface area contributed by atoms with Crippen molar-refractivity contribution in [2.75, 3.05) is 17.3 Å². The molecule has 0 aliphatic rings. The number of hydrogen-bond acceptors (Lipinski definition) is 4. The zero-order chi connectivity index (χ0) is 17.9. The van der Waals surface area contributed by atoms with Gasteiger partial charge in [0.2, 0.25) is 5.91 Å². The molecule has 4 nitrogen and oxygen atoms in total. The van der Waals surface area contributed by atoms with E-state index < -0.39 is 30.2 Å². The predicted molar refractivity (Wildman–Crippen MR) is 81.4 cm³/mol. The minimum absolute atomic E-state index is 0.0000464. The van der Waals surface area contributed by atoms with Gasteiger partial charge in [0.1, 0.15) is 0 Å². The van der Waals surface area contributed by atoms with Gasteiger partial charge < -0.3 is 10.1 Å². The second-order valence-electron chi connectivity index (χ2n) is 4.39. The molecule has 24 heavy (non-hydrogen) atoms. The summed E-state index contributed by atoms with van der Waals surface area (Å²) in [4.78, 5) is 15.2. The Kier molecular flexibility index (Phi) is 5.75. The highest BCUT2D eigenvalue weighted by molar-refractivity contribution is 9.09. The highest BCUT2D eigenvalue weighted by Crippen LogP contribution is 2.31. The maximum atomic E-state index is 13.8. The Morgan fingerprint density at radius 3 is 2.46 bits per heavy atom. The Morgan fingerprint density at radius 1 is 1.29 bits per heavy atom. The summed E-state index contributed by atoms with van der Waals surface area (Å²) >= 11 is 3.98. The number of halogens is 6. The molecule has 2 rings (SSSR count). The minimum Gasteiger partial charge on any atom is -0.478 e. The summed E-state index contributed by atoms with van der Waals surface area (Å²) in [6.45, 7) is -1.81. The molecule has 1 N–H and O–H groups in total. The monoisotopic (exact) mass is 430 g/mol. The van der Waals surface area contributed by atoms with E-state index in [1.807, 2.05) is 0 Å². The number of benzene rings is 1. The van der Waals surface area contributed by atoms with Crippen LogP contribution in [0.1, 0.15) is 0 Å². The van der Waals surface area contributed by atoms with Crippen molar-refractivity contribution >= 4 is 38.3 Å². The van der Waals surface area contributed by atoms with Gasteiger partial charge in [-0.3, -0.25) is 4.79 Å². The Labute approximate surface area is 144 Å². The van der Waals surface area contributed by atoms with Crippen LogP contribution < -0.4 is 10.1 Å². The van der Waals surface area contributed by atoms with Crippen LogP contribution in [-0.2, 0) is 4.79 Å². The standard InChI is InChI=1S/C13H8BrF5N2O2S/c14-3-10(22)21-12-20-9(4-24-12)6-1-7(15)11(8(16)2-6)23-5-13(17,18)19/h1-2,4H,3,5H2,(H,20,21,22). The number of anilines is 1. The lowest BCUT2D eigenvalue weighted by Gasteiger charge is -2.11. The number of nitrogens with one attached hydrogen (secondary N) is 1. The molecule has 1 aromatic carbocycles. The predicted octanol–water partition coefficient (Wildman–Crippen LogP) is 4.36. The molecule has 11 heteroatoms. The van der Waals surface area contributed by atoms with Crippen LogP contribution in [0.4, 0.5) is 27.1 Å². The first-order valence-corrected chi connectivity index (χ1v) is 8.20. The number of alkyl halides is 4. The smallest absolute Gasteiger partial charge is 0.422 e. The molecule has 130 valence electrons. The molecule has 0 radical (unpaired) electrons. The van der Waals surface area contributed by atoms with Gasteiger partial charge in [-0.05, 0) is 12.1 Å². The van der Waals surface area contributed by atoms with E-state index in [-0.39, 0.29) is 27.6 Å². The number of aromatic nitrogens is 1. The van der Waals surface area contributed by atoms with Gasteiger partial charge in [-0.15, -0.1) is 11.3 Å². The zero-order valence-electron chi connectivity index (χ0n) is 11.6. The van der Waals surface area contributed by atoms with E-state index in [2.05, 4.69) is 31.0 Å². The molecule has 0 unspecified atom stereocenters. The van der Waals surface area contributed by atoms with E-state index >= 15 is 0 Å². The summed E-state index contributed by atoms with van der Waals surface area (Å²) in [7, 11) is 0. The molecule has 1 amide bonds. The average molecular weight is 431 g/mol. The summed E-state index contributed by atoms with van der Waals surface area (Å²) in [6.07, 6.45) is -4.71. The van der Waals surface area contributed by atoms with Gasteiger partial charge in [0.15, 0.2) is 29.1 Å². The van der Waals surface area contributed by atoms with Crippen molar-refractivity contribution in [1.82, 2.24) is 4.98 Å². The van der Waals surface area contributed by atoms with Crippen LogP contribution in [0.3, 0.4) is 0 Å². The minimum atomic E-state index is -4.71. The zero-order valence-corrected chi connectivity index (χ0v) is 14.0. The van der Waals surface area contributed by atoms with Gasteiger partial charge in [0.05, 0.1) is 11.0 Å². The van der Waals surface area contributed by atoms with E-state index in [1.54, 1.807) is 0 Å². The number of carbonyl (C=O) groups excluding carboxylic acids is 1. The quantitative estimate of drug-likeness (QED) is 0.566. The Hall–Kier alpha value is -1.75. The van der Waals surface area contributed by atoms with E-state index in [0.29, 0.717) is 0 Å². The van der Waals surface area contributed by atoms with Gasteiger partial charge >= 0.3 is 6.18 Å². The first-order chi connectivity index (χ1) is 11.2. The first-order valence-electron chi connectivity index (χ1n) is 6.20. The summed E-state index contributed by atoms with van der Waals surface area (Å²) in [5, 5.41) is 4.15. The summed E-state index contributed by atoms with van der Waals surface area (Å²) in [5.74, 6) is -4.04. The molecule has 0 saturated heterocycles. The second-order valence-corrected chi connectivity index (χ2v) is 5.81. The van der Waals surface area contributed by atoms with Crippen molar-refractivity contribution in [1.29, 1.82) is 0 Å². The topological polar surface area (TPSA) is 51.2 Å². The van der Waals surface area contributed by atoms with Gasteiger partial charge in [0.25, 0.3) is 0 Å². The Bertz CT molecular complexity index is 727. The molecule has 0 aliphatic heterocycles. The van der Waals surface area contributed by atoms with Crippen LogP contribution >= 0.6 is 27.3 Å². The van der Waals surface area contributed by atoms with Crippen LogP contribution in [0.2, 0.25) is 0 Å². The Balaban J connectivity index is 2.22. The molecule has 0 atom stereocenters. The molecule has 2 aromatic rings. The lowest BCUT2D eigenvalue weighted by molar-refractivity contribution is -0.154. The third-order valence-corrected chi connectivity index (χ3v) is 3.81. The fourth-order valence-corrected chi connectivity index (χ4v) is 2.49. The number of carbonyl (C=O) groups is 1. The normalized spacial score (nSPS) is 11.4. The van der Waals surface area contributed by atoms with Gasteiger partial charge in [-0.2, -0.15) is 13.2 Å². The van der Waals surface area contributed by atoms with Crippen molar-refractivity contribution in [3.05, 3.63) is 29.1 Å². The molecular weight excluding hydrogens is 423 g/mol. The van der Waals surface area contributed by atoms with Gasteiger partial charge in [0, 0.05) is 10.9 Å². The second kappa shape index (κ2) is 7.43. The van der Waals surface area contributed by atoms with Crippen LogP contribution in [0.5, 0.6) is 5.75 Å². The lowest BCUT2D eigenvalue weighted by Crippen LogP contribution is -2.20. The molecular formula is C13H8BrF5N2O2S. The fraction of sp³-hybridized carbons (Fsp3) is 0.231. The van der Waals surface area contributed by atoms with Crippen LogP contribution in [0.15, 0.2) is 17.5 Å². The molecule has 0 saturated carbocycles. The number of thiazole rings is 1. The van der Waals surface area contributed by atoms with Crippen LogP contribution in [0.25, 0.3) is 11.3 Å². The molecule has 0 aliphatic carbocycles. The SMILES string of the molecule is O=C(CBr)Nc1nc(-c2cc(F)c(OCC(F)(F)F)c(F)c2)cs1. The average Bonchev–Trinajstić information content (AvgIpc) is 2.93. The number of rotatable bonds is 5. The maximum absolute atomic E-state index is 13.8. The van der Waals surface area contributed by atoms with Crippen molar-refractivity contribution < 1.29 is 31.5 Å². The van der Waals surface area contributed by atoms with E-state index in [9.17, 15) is 26.7 Å². The van der Waals surface area contributed by atoms with Crippen LogP contribution in [-0.4, -0.2) is 29.0 Å². The number of ether oxygens (including phenoxy) is 1. The van der Waals surface area contributed by atoms with E-state index in [4.69, 9.17) is 0 Å². The summed E-state index contributed by atoms with van der Waals surface area (Å²) in [6, 6.07) is 1.61. The molecule has 1 heterocycles. The largest absolute Gasteiger partial charge is 0.478 e. The highest BCUT2D eigenvalue weighted by Gasteiger charge is 2.30. The van der Waals surface area contributed by atoms with E-state index in [1.165, 1.54) is 5.38 Å². The maximum Gasteiger partial charge on any atom is 0.422 e. The number of amides is 1. The molecule has 1 aromatic heterocycles. The van der Waals surface area contributed by atoms with Crippen molar-refractivity contribution in [3.8, 4) is 17.0 Å². The van der Waals surface area contributed by atoms with Crippen molar-refractivity contribution in [2.24, 2.45) is 0 Å². The van der Waals surface area contributed by atoms with E-state index in [0.717, 1.165) is 23.5 Å². The third-order valence-electron chi connectivity index (χ3n) is 2.55. The summed E-state index contributed by atoms with van der Waals surface area (Å²) < 4.78 is 68.0. The molecule has 0 bridgehead atoms.